The Morgan fingerprint density at radius 3 is 1.18 bits per heavy atom. The van der Waals surface area contributed by atoms with Gasteiger partial charge in [-0.15, -0.1) is 0 Å². The Morgan fingerprint density at radius 1 is 0.410 bits per heavy atom. The second kappa shape index (κ2) is 14.0. The summed E-state index contributed by atoms with van der Waals surface area (Å²) in [6.45, 7) is 4.63. The molecule has 0 aromatic carbocycles. The zero-order chi connectivity index (χ0) is 26.5. The van der Waals surface area contributed by atoms with Crippen LogP contribution in [-0.2, 0) is 39.1 Å². The van der Waals surface area contributed by atoms with Crippen molar-refractivity contribution in [3.8, 4) is 0 Å². The third-order valence-corrected chi connectivity index (χ3v) is 6.44. The molecule has 5 aromatic heterocycles. The first-order chi connectivity index (χ1) is 19.3. The first-order valence-corrected chi connectivity index (χ1v) is 13.3. The van der Waals surface area contributed by atoms with E-state index in [1.807, 2.05) is 79.5 Å². The van der Waals surface area contributed by atoms with Gasteiger partial charge >= 0.3 is 0 Å². The molecule has 0 amide bonds. The molecule has 196 valence electrons. The van der Waals surface area contributed by atoms with E-state index in [0.717, 1.165) is 74.2 Å². The molecule has 0 saturated heterocycles. The molecular formula is C32H33N7. The summed E-state index contributed by atoms with van der Waals surface area (Å²) >= 11 is 0. The molecule has 5 rings (SSSR count). The Balaban J connectivity index is 1.22. The fraction of sp³-hybridized carbons (Fsp3) is 0.219. The summed E-state index contributed by atoms with van der Waals surface area (Å²) in [6.07, 6.45) is 10.3. The average Bonchev–Trinajstić information content (AvgIpc) is 2.99. The molecule has 0 radical (unpaired) electrons. The maximum atomic E-state index is 4.82. The minimum absolute atomic E-state index is 0.721. The van der Waals surface area contributed by atoms with Crippen molar-refractivity contribution in [3.63, 3.8) is 0 Å². The van der Waals surface area contributed by atoms with Gasteiger partial charge in [-0.3, -0.25) is 34.7 Å². The summed E-state index contributed by atoms with van der Waals surface area (Å²) in [5.41, 5.74) is 6.43. The summed E-state index contributed by atoms with van der Waals surface area (Å²) in [7, 11) is 0. The molecule has 5 heterocycles. The van der Waals surface area contributed by atoms with Crippen LogP contribution in [-0.4, -0.2) is 41.3 Å². The van der Waals surface area contributed by atoms with Crippen LogP contribution in [0.4, 0.5) is 0 Å². The van der Waals surface area contributed by atoms with Crippen molar-refractivity contribution in [1.29, 1.82) is 0 Å². The summed E-state index contributed by atoms with van der Waals surface area (Å²) < 4.78 is 0. The summed E-state index contributed by atoms with van der Waals surface area (Å²) in [4.78, 5) is 27.6. The molecule has 0 N–H and O–H groups in total. The van der Waals surface area contributed by atoms with E-state index in [2.05, 4.69) is 66.1 Å². The first-order valence-electron chi connectivity index (χ1n) is 13.3. The molecule has 0 aliphatic heterocycles. The van der Waals surface area contributed by atoms with Crippen molar-refractivity contribution >= 4 is 0 Å². The molecule has 0 aliphatic carbocycles. The molecule has 7 nitrogen and oxygen atoms in total. The van der Waals surface area contributed by atoms with Crippen molar-refractivity contribution in [2.75, 3.05) is 6.54 Å². The van der Waals surface area contributed by atoms with Crippen LogP contribution in [0, 0.1) is 0 Å². The van der Waals surface area contributed by atoms with Gasteiger partial charge in [0.25, 0.3) is 0 Å². The second-order valence-electron chi connectivity index (χ2n) is 9.55. The van der Waals surface area contributed by atoms with Crippen LogP contribution in [0.15, 0.2) is 116 Å². The lowest BCUT2D eigenvalue weighted by Crippen LogP contribution is -2.26. The van der Waals surface area contributed by atoms with Gasteiger partial charge in [0.2, 0.25) is 0 Å². The lowest BCUT2D eigenvalue weighted by Gasteiger charge is -2.22. The van der Waals surface area contributed by atoms with Crippen molar-refractivity contribution in [2.45, 2.75) is 39.1 Å². The first kappa shape index (κ1) is 26.3. The Labute approximate surface area is 230 Å². The van der Waals surface area contributed by atoms with Gasteiger partial charge in [-0.25, -0.2) is 0 Å². The molecule has 0 aliphatic rings. The van der Waals surface area contributed by atoms with Crippen molar-refractivity contribution < 1.29 is 0 Å². The molecule has 0 saturated carbocycles. The summed E-state index contributed by atoms with van der Waals surface area (Å²) in [5, 5.41) is 0. The van der Waals surface area contributed by atoms with Gasteiger partial charge in [-0.05, 0) is 66.6 Å². The maximum absolute atomic E-state index is 4.82. The van der Waals surface area contributed by atoms with Gasteiger partial charge < -0.3 is 0 Å². The Hall–Kier alpha value is -4.33. The fourth-order valence-corrected chi connectivity index (χ4v) is 4.48. The van der Waals surface area contributed by atoms with E-state index in [1.54, 1.807) is 0 Å². The zero-order valence-corrected chi connectivity index (χ0v) is 22.0. The van der Waals surface area contributed by atoms with E-state index >= 15 is 0 Å². The van der Waals surface area contributed by atoms with Crippen LogP contribution in [0.3, 0.4) is 0 Å². The fourth-order valence-electron chi connectivity index (χ4n) is 4.48. The molecule has 0 spiro atoms. The van der Waals surface area contributed by atoms with Crippen LogP contribution in [0.1, 0.15) is 34.0 Å². The highest BCUT2D eigenvalue weighted by Crippen LogP contribution is 2.13. The summed E-state index contributed by atoms with van der Waals surface area (Å²) in [5.74, 6) is 0. The SMILES string of the molecule is c1ccc(CN(CCc2ccc(CN(Cc3ccccn3)Cc3ccccn3)nc2)Cc2ccccn2)nc1. The predicted octanol–water partition coefficient (Wildman–Crippen LogP) is 5.11. The van der Waals surface area contributed by atoms with Crippen LogP contribution in [0.2, 0.25) is 0 Å². The number of hydrogen-bond acceptors (Lipinski definition) is 7. The molecular weight excluding hydrogens is 482 g/mol. The smallest absolute Gasteiger partial charge is 0.0544 e. The van der Waals surface area contributed by atoms with Gasteiger partial charge in [0.15, 0.2) is 0 Å². The van der Waals surface area contributed by atoms with Crippen molar-refractivity contribution in [2.24, 2.45) is 0 Å². The quantitative estimate of drug-likeness (QED) is 0.216. The molecule has 7 heteroatoms. The van der Waals surface area contributed by atoms with Gasteiger partial charge in [0.1, 0.15) is 0 Å². The number of hydrogen-bond donors (Lipinski definition) is 0. The highest BCUT2D eigenvalue weighted by atomic mass is 15.1. The molecule has 0 atom stereocenters. The van der Waals surface area contributed by atoms with Crippen molar-refractivity contribution in [3.05, 3.63) is 150 Å². The van der Waals surface area contributed by atoms with E-state index in [-0.39, 0.29) is 0 Å². The highest BCUT2D eigenvalue weighted by molar-refractivity contribution is 5.16. The third kappa shape index (κ3) is 8.60. The van der Waals surface area contributed by atoms with E-state index < -0.39 is 0 Å². The van der Waals surface area contributed by atoms with E-state index in [4.69, 9.17) is 4.98 Å². The van der Waals surface area contributed by atoms with Crippen LogP contribution in [0.5, 0.6) is 0 Å². The van der Waals surface area contributed by atoms with Crippen LogP contribution in [0.25, 0.3) is 0 Å². The Morgan fingerprint density at radius 2 is 0.821 bits per heavy atom. The molecule has 39 heavy (non-hydrogen) atoms. The third-order valence-electron chi connectivity index (χ3n) is 6.44. The Bertz CT molecular complexity index is 1280. The Kier molecular flexibility index (Phi) is 9.43. The molecule has 0 unspecified atom stereocenters. The predicted molar refractivity (Wildman–Crippen MR) is 152 cm³/mol. The topological polar surface area (TPSA) is 70.9 Å². The molecule has 0 fully saturated rings. The van der Waals surface area contributed by atoms with Gasteiger partial charge in [-0.2, -0.15) is 0 Å². The number of pyridine rings is 5. The number of aromatic nitrogens is 5. The maximum Gasteiger partial charge on any atom is 0.0544 e. The van der Waals surface area contributed by atoms with Crippen LogP contribution < -0.4 is 0 Å². The highest BCUT2D eigenvalue weighted by Gasteiger charge is 2.12. The van der Waals surface area contributed by atoms with Crippen molar-refractivity contribution in [1.82, 2.24) is 34.7 Å². The van der Waals surface area contributed by atoms with Gasteiger partial charge in [0, 0.05) is 70.3 Å². The van der Waals surface area contributed by atoms with E-state index in [1.165, 1.54) is 5.56 Å². The largest absolute Gasteiger partial charge is 0.291 e. The minimum Gasteiger partial charge on any atom is -0.291 e. The van der Waals surface area contributed by atoms with Gasteiger partial charge in [-0.1, -0.05) is 30.3 Å². The van der Waals surface area contributed by atoms with E-state index in [9.17, 15) is 0 Å². The minimum atomic E-state index is 0.721. The monoisotopic (exact) mass is 515 g/mol. The second-order valence-corrected chi connectivity index (χ2v) is 9.55. The lowest BCUT2D eigenvalue weighted by atomic mass is 10.1. The average molecular weight is 516 g/mol. The molecule has 5 aromatic rings. The standard InChI is InChI=1S/C32H33N7/c1-5-16-33-28(9-1)22-38(23-29-10-2-6-17-34-29)20-15-27-13-14-32(37-21-27)26-39(24-30-11-3-7-18-35-30)25-31-12-4-8-19-36-31/h1-14,16-19,21H,15,20,22-26H2. The normalized spacial score (nSPS) is 11.2. The number of nitrogens with zero attached hydrogens (tertiary/aromatic N) is 7. The van der Waals surface area contributed by atoms with E-state index in [0.29, 0.717) is 0 Å². The lowest BCUT2D eigenvalue weighted by molar-refractivity contribution is 0.238. The van der Waals surface area contributed by atoms with Gasteiger partial charge in [0.05, 0.1) is 28.5 Å². The molecule has 0 bridgehead atoms. The van der Waals surface area contributed by atoms with Crippen LogP contribution >= 0.6 is 0 Å². The zero-order valence-electron chi connectivity index (χ0n) is 22.0. The summed E-state index contributed by atoms with van der Waals surface area (Å²) in [6, 6.07) is 28.5. The number of rotatable bonds is 13.